The molecule has 0 amide bonds. The molecule has 0 spiro atoms. The molecule has 0 aliphatic carbocycles. The molecule has 1 N–H and O–H groups in total. The molecule has 112 valence electrons. The van der Waals surface area contributed by atoms with Crippen LogP contribution in [0.2, 0.25) is 0 Å². The van der Waals surface area contributed by atoms with Crippen LogP contribution in [0, 0.1) is 0 Å². The maximum atomic E-state index is 8.81. The summed E-state index contributed by atoms with van der Waals surface area (Å²) >= 11 is 0. The molecule has 1 fully saturated rings. The predicted molar refractivity (Wildman–Crippen MR) is 81.3 cm³/mol. The maximum Gasteiger partial charge on any atom is 0.226 e. The lowest BCUT2D eigenvalue weighted by Gasteiger charge is -2.35. The molecule has 6 heteroatoms. The van der Waals surface area contributed by atoms with Crippen molar-refractivity contribution in [2.24, 2.45) is 0 Å². The minimum absolute atomic E-state index is 0.300. The van der Waals surface area contributed by atoms with Crippen molar-refractivity contribution >= 4 is 11.8 Å². The Bertz CT molecular complexity index is 404. The van der Waals surface area contributed by atoms with Gasteiger partial charge < -0.3 is 14.9 Å². The Morgan fingerprint density at radius 3 is 2.60 bits per heavy atom. The number of nitrogens with zero attached hydrogens (tertiary/aromatic N) is 5. The fourth-order valence-corrected chi connectivity index (χ4v) is 2.38. The van der Waals surface area contributed by atoms with Crippen LogP contribution in [-0.4, -0.2) is 73.4 Å². The van der Waals surface area contributed by atoms with E-state index in [1.807, 2.05) is 31.3 Å². The number of rotatable bonds is 6. The molecule has 1 aliphatic heterocycles. The van der Waals surface area contributed by atoms with Gasteiger partial charge in [0.05, 0.1) is 0 Å². The third kappa shape index (κ3) is 4.05. The summed E-state index contributed by atoms with van der Waals surface area (Å²) in [6.07, 6.45) is 3.80. The number of piperazine rings is 1. The van der Waals surface area contributed by atoms with Gasteiger partial charge in [-0.3, -0.25) is 4.90 Å². The van der Waals surface area contributed by atoms with Crippen molar-refractivity contribution in [2.75, 3.05) is 63.2 Å². The Balaban J connectivity index is 1.85. The number of hydrogen-bond acceptors (Lipinski definition) is 6. The van der Waals surface area contributed by atoms with Gasteiger partial charge in [0.1, 0.15) is 5.82 Å². The van der Waals surface area contributed by atoms with Crippen LogP contribution in [0.25, 0.3) is 0 Å². The molecule has 0 atom stereocenters. The first kappa shape index (κ1) is 15.0. The van der Waals surface area contributed by atoms with Crippen LogP contribution in [0.1, 0.15) is 12.8 Å². The van der Waals surface area contributed by atoms with E-state index in [4.69, 9.17) is 5.11 Å². The van der Waals surface area contributed by atoms with Crippen LogP contribution in [0.5, 0.6) is 0 Å². The molecule has 0 unspecified atom stereocenters. The van der Waals surface area contributed by atoms with Gasteiger partial charge in [-0.2, -0.15) is 4.98 Å². The number of anilines is 2. The zero-order valence-corrected chi connectivity index (χ0v) is 12.5. The van der Waals surface area contributed by atoms with Crippen molar-refractivity contribution in [1.29, 1.82) is 0 Å². The SMILES string of the molecule is CN(C)c1nccc(N2CCN(CCCCO)CC2)n1. The molecule has 0 radical (unpaired) electrons. The van der Waals surface area contributed by atoms with Crippen molar-refractivity contribution in [1.82, 2.24) is 14.9 Å². The fourth-order valence-electron chi connectivity index (χ4n) is 2.38. The van der Waals surface area contributed by atoms with Crippen molar-refractivity contribution in [3.05, 3.63) is 12.3 Å². The summed E-state index contributed by atoms with van der Waals surface area (Å²) in [6.45, 7) is 5.51. The van der Waals surface area contributed by atoms with Crippen LogP contribution in [0.15, 0.2) is 12.3 Å². The summed E-state index contributed by atoms with van der Waals surface area (Å²) in [5.74, 6) is 1.77. The zero-order chi connectivity index (χ0) is 14.4. The van der Waals surface area contributed by atoms with Crippen molar-refractivity contribution in [2.45, 2.75) is 12.8 Å². The highest BCUT2D eigenvalue weighted by molar-refractivity contribution is 5.43. The second-order valence-corrected chi connectivity index (χ2v) is 5.37. The standard InChI is InChI=1S/C14H25N5O/c1-17(2)14-15-6-5-13(16-14)19-10-8-18(9-11-19)7-3-4-12-20/h5-6,20H,3-4,7-12H2,1-2H3. The molecular weight excluding hydrogens is 254 g/mol. The highest BCUT2D eigenvalue weighted by Crippen LogP contribution is 2.15. The van der Waals surface area contributed by atoms with E-state index in [0.717, 1.165) is 57.3 Å². The average molecular weight is 279 g/mol. The summed E-state index contributed by atoms with van der Waals surface area (Å²) in [5, 5.41) is 8.81. The Kier molecular flexibility index (Phi) is 5.55. The van der Waals surface area contributed by atoms with Crippen molar-refractivity contribution < 1.29 is 5.11 Å². The van der Waals surface area contributed by atoms with Gasteiger partial charge in [-0.1, -0.05) is 0 Å². The fraction of sp³-hybridized carbons (Fsp3) is 0.714. The second kappa shape index (κ2) is 7.40. The van der Waals surface area contributed by atoms with E-state index in [0.29, 0.717) is 6.61 Å². The van der Waals surface area contributed by atoms with E-state index in [1.54, 1.807) is 0 Å². The van der Waals surface area contributed by atoms with Crippen molar-refractivity contribution in [3.63, 3.8) is 0 Å². The number of aliphatic hydroxyl groups excluding tert-OH is 1. The first-order valence-corrected chi connectivity index (χ1v) is 7.29. The van der Waals surface area contributed by atoms with Gasteiger partial charge in [-0.05, 0) is 25.5 Å². The molecule has 2 rings (SSSR count). The van der Waals surface area contributed by atoms with Crippen LogP contribution in [0.3, 0.4) is 0 Å². The normalized spacial score (nSPS) is 16.4. The average Bonchev–Trinajstić information content (AvgIpc) is 2.48. The van der Waals surface area contributed by atoms with Crippen LogP contribution < -0.4 is 9.80 Å². The largest absolute Gasteiger partial charge is 0.396 e. The lowest BCUT2D eigenvalue weighted by molar-refractivity contribution is 0.232. The van der Waals surface area contributed by atoms with E-state index in [9.17, 15) is 0 Å². The van der Waals surface area contributed by atoms with Gasteiger partial charge in [-0.15, -0.1) is 0 Å². The Morgan fingerprint density at radius 1 is 1.20 bits per heavy atom. The quantitative estimate of drug-likeness (QED) is 0.763. The maximum absolute atomic E-state index is 8.81. The molecule has 20 heavy (non-hydrogen) atoms. The smallest absolute Gasteiger partial charge is 0.226 e. The lowest BCUT2D eigenvalue weighted by atomic mass is 10.2. The monoisotopic (exact) mass is 279 g/mol. The van der Waals surface area contributed by atoms with Crippen LogP contribution >= 0.6 is 0 Å². The Labute approximate surface area is 121 Å². The predicted octanol–water partition coefficient (Wildman–Crippen LogP) is 0.437. The topological polar surface area (TPSA) is 55.7 Å². The summed E-state index contributed by atoms with van der Waals surface area (Å²) in [6, 6.07) is 1.98. The third-order valence-electron chi connectivity index (χ3n) is 3.61. The minimum Gasteiger partial charge on any atom is -0.396 e. The number of aromatic nitrogens is 2. The minimum atomic E-state index is 0.300. The second-order valence-electron chi connectivity index (χ2n) is 5.37. The lowest BCUT2D eigenvalue weighted by Crippen LogP contribution is -2.47. The summed E-state index contributed by atoms with van der Waals surface area (Å²) < 4.78 is 0. The third-order valence-corrected chi connectivity index (χ3v) is 3.61. The number of aliphatic hydroxyl groups is 1. The van der Waals surface area contributed by atoms with E-state index < -0.39 is 0 Å². The highest BCUT2D eigenvalue weighted by atomic mass is 16.2. The van der Waals surface area contributed by atoms with Crippen molar-refractivity contribution in [3.8, 4) is 0 Å². The van der Waals surface area contributed by atoms with Crippen LogP contribution in [-0.2, 0) is 0 Å². The first-order valence-electron chi connectivity index (χ1n) is 7.29. The van der Waals surface area contributed by atoms with E-state index in [2.05, 4.69) is 19.8 Å². The zero-order valence-electron chi connectivity index (χ0n) is 12.5. The molecule has 1 aliphatic rings. The van der Waals surface area contributed by atoms with Gasteiger partial charge in [0.25, 0.3) is 0 Å². The summed E-state index contributed by atoms with van der Waals surface area (Å²) in [4.78, 5) is 15.5. The number of unbranched alkanes of at least 4 members (excludes halogenated alkanes) is 1. The van der Waals surface area contributed by atoms with Crippen LogP contribution in [0.4, 0.5) is 11.8 Å². The summed E-state index contributed by atoms with van der Waals surface area (Å²) in [7, 11) is 3.91. The molecule has 2 heterocycles. The molecule has 6 nitrogen and oxygen atoms in total. The van der Waals surface area contributed by atoms with Gasteiger partial charge >= 0.3 is 0 Å². The first-order chi connectivity index (χ1) is 9.70. The highest BCUT2D eigenvalue weighted by Gasteiger charge is 2.18. The van der Waals surface area contributed by atoms with E-state index in [-0.39, 0.29) is 0 Å². The van der Waals surface area contributed by atoms with E-state index in [1.165, 1.54) is 0 Å². The summed E-state index contributed by atoms with van der Waals surface area (Å²) in [5.41, 5.74) is 0. The molecule has 1 aromatic rings. The van der Waals surface area contributed by atoms with Gasteiger partial charge in [0.15, 0.2) is 0 Å². The Hall–Kier alpha value is -1.40. The van der Waals surface area contributed by atoms with Gasteiger partial charge in [0.2, 0.25) is 5.95 Å². The molecule has 0 saturated carbocycles. The van der Waals surface area contributed by atoms with Gasteiger partial charge in [0, 0.05) is 53.1 Å². The van der Waals surface area contributed by atoms with E-state index >= 15 is 0 Å². The number of hydrogen-bond donors (Lipinski definition) is 1. The molecule has 0 bridgehead atoms. The molecule has 1 aromatic heterocycles. The van der Waals surface area contributed by atoms with Gasteiger partial charge in [-0.25, -0.2) is 4.98 Å². The molecular formula is C14H25N5O. The Morgan fingerprint density at radius 2 is 1.95 bits per heavy atom. The molecule has 0 aromatic carbocycles. The molecule has 1 saturated heterocycles.